The second-order valence-corrected chi connectivity index (χ2v) is 2.91. The van der Waals surface area contributed by atoms with Gasteiger partial charge in [-0.3, -0.25) is 4.79 Å². The van der Waals surface area contributed by atoms with E-state index in [2.05, 4.69) is 4.98 Å². The number of ether oxygens (including phenoxy) is 1. The summed E-state index contributed by atoms with van der Waals surface area (Å²) in [6.45, 7) is 0. The lowest BCUT2D eigenvalue weighted by molar-refractivity contribution is 0.111. The van der Waals surface area contributed by atoms with Gasteiger partial charge in [0.05, 0.1) is 25.6 Å². The second-order valence-electron chi connectivity index (χ2n) is 2.91. The van der Waals surface area contributed by atoms with Gasteiger partial charge in [-0.1, -0.05) is 0 Å². The Bertz CT molecular complexity index is 398. The zero-order valence-electron chi connectivity index (χ0n) is 8.30. The van der Waals surface area contributed by atoms with E-state index in [0.717, 1.165) is 0 Å². The van der Waals surface area contributed by atoms with Crippen LogP contribution in [0.4, 0.5) is 0 Å². The number of aldehydes is 1. The van der Waals surface area contributed by atoms with Gasteiger partial charge in [0.2, 0.25) is 0 Å². The van der Waals surface area contributed by atoms with Gasteiger partial charge in [-0.2, -0.15) is 5.26 Å². The summed E-state index contributed by atoms with van der Waals surface area (Å²) in [5.74, 6) is 0.489. The molecule has 1 atom stereocenters. The van der Waals surface area contributed by atoms with Crippen LogP contribution in [0.2, 0.25) is 0 Å². The molecule has 0 aliphatic rings. The number of methoxy groups -OCH3 is 1. The number of carbonyl (C=O) groups excluding carboxylic acids is 1. The third kappa shape index (κ3) is 2.51. The minimum Gasteiger partial charge on any atom is -0.495 e. The first-order valence-corrected chi connectivity index (χ1v) is 4.35. The first-order chi connectivity index (χ1) is 7.22. The quantitative estimate of drug-likeness (QED) is 0.735. The van der Waals surface area contributed by atoms with E-state index in [1.165, 1.54) is 13.2 Å². The van der Waals surface area contributed by atoms with Gasteiger partial charge in [0.15, 0.2) is 6.29 Å². The van der Waals surface area contributed by atoms with Gasteiger partial charge in [0.25, 0.3) is 0 Å². The SMILES string of the molecule is COc1ccc(C=O)nc1[C@H](N)CC#N. The number of pyridine rings is 1. The van der Waals surface area contributed by atoms with E-state index in [9.17, 15) is 4.79 Å². The van der Waals surface area contributed by atoms with E-state index < -0.39 is 6.04 Å². The van der Waals surface area contributed by atoms with Gasteiger partial charge in [0, 0.05) is 0 Å². The molecule has 78 valence electrons. The number of nitrogens with two attached hydrogens (primary N) is 1. The fourth-order valence-electron chi connectivity index (χ4n) is 1.18. The van der Waals surface area contributed by atoms with E-state index in [4.69, 9.17) is 15.7 Å². The first kappa shape index (κ1) is 11.1. The Balaban J connectivity index is 3.11. The van der Waals surface area contributed by atoms with Gasteiger partial charge >= 0.3 is 0 Å². The Morgan fingerprint density at radius 1 is 1.73 bits per heavy atom. The maximum absolute atomic E-state index is 10.5. The Kier molecular flexibility index (Phi) is 3.77. The Labute approximate surface area is 87.5 Å². The zero-order valence-corrected chi connectivity index (χ0v) is 8.30. The fraction of sp³-hybridized carbons (Fsp3) is 0.300. The van der Waals surface area contributed by atoms with E-state index in [-0.39, 0.29) is 12.1 Å². The molecule has 1 aromatic rings. The highest BCUT2D eigenvalue weighted by atomic mass is 16.5. The summed E-state index contributed by atoms with van der Waals surface area (Å²) in [5, 5.41) is 8.52. The van der Waals surface area contributed by atoms with Crippen LogP contribution in [0.15, 0.2) is 12.1 Å². The highest BCUT2D eigenvalue weighted by molar-refractivity contribution is 5.72. The molecule has 0 bridgehead atoms. The molecule has 0 saturated heterocycles. The van der Waals surface area contributed by atoms with Crippen LogP contribution in [-0.2, 0) is 0 Å². The fourth-order valence-corrected chi connectivity index (χ4v) is 1.18. The van der Waals surface area contributed by atoms with Crippen LogP contribution in [0.3, 0.4) is 0 Å². The maximum atomic E-state index is 10.5. The third-order valence-corrected chi connectivity index (χ3v) is 1.91. The van der Waals surface area contributed by atoms with Crippen molar-refractivity contribution in [1.82, 2.24) is 4.98 Å². The molecule has 2 N–H and O–H groups in total. The van der Waals surface area contributed by atoms with Gasteiger partial charge in [-0.05, 0) is 12.1 Å². The van der Waals surface area contributed by atoms with Crippen molar-refractivity contribution in [2.75, 3.05) is 7.11 Å². The number of carbonyl (C=O) groups is 1. The molecule has 1 aromatic heterocycles. The van der Waals surface area contributed by atoms with Gasteiger partial charge in [-0.25, -0.2) is 4.98 Å². The lowest BCUT2D eigenvalue weighted by Gasteiger charge is -2.11. The Hall–Kier alpha value is -1.93. The average Bonchev–Trinajstić information content (AvgIpc) is 2.28. The van der Waals surface area contributed by atoms with Crippen molar-refractivity contribution in [2.24, 2.45) is 5.73 Å². The summed E-state index contributed by atoms with van der Waals surface area (Å²) in [6, 6.07) is 4.56. The molecule has 0 saturated carbocycles. The molecular weight excluding hydrogens is 194 g/mol. The molecular formula is C10H11N3O2. The molecule has 0 aromatic carbocycles. The van der Waals surface area contributed by atoms with Crippen molar-refractivity contribution in [3.05, 3.63) is 23.5 Å². The molecule has 0 aliphatic carbocycles. The summed E-state index contributed by atoms with van der Waals surface area (Å²) < 4.78 is 5.04. The van der Waals surface area contributed by atoms with Crippen molar-refractivity contribution in [1.29, 1.82) is 5.26 Å². The van der Waals surface area contributed by atoms with E-state index in [1.54, 1.807) is 6.07 Å². The number of hydrogen-bond donors (Lipinski definition) is 1. The van der Waals surface area contributed by atoms with Crippen LogP contribution in [-0.4, -0.2) is 18.4 Å². The van der Waals surface area contributed by atoms with Crippen molar-refractivity contribution in [2.45, 2.75) is 12.5 Å². The van der Waals surface area contributed by atoms with Crippen LogP contribution in [0, 0.1) is 11.3 Å². The van der Waals surface area contributed by atoms with Gasteiger partial charge in [0.1, 0.15) is 17.1 Å². The van der Waals surface area contributed by atoms with E-state index >= 15 is 0 Å². The summed E-state index contributed by atoms with van der Waals surface area (Å²) in [4.78, 5) is 14.5. The lowest BCUT2D eigenvalue weighted by atomic mass is 10.1. The monoisotopic (exact) mass is 205 g/mol. The summed E-state index contributed by atoms with van der Waals surface area (Å²) in [6.07, 6.45) is 0.758. The largest absolute Gasteiger partial charge is 0.495 e. The van der Waals surface area contributed by atoms with Crippen LogP contribution >= 0.6 is 0 Å². The second kappa shape index (κ2) is 5.08. The highest BCUT2D eigenvalue weighted by Gasteiger charge is 2.14. The number of nitrogens with zero attached hydrogens (tertiary/aromatic N) is 2. The number of hydrogen-bond acceptors (Lipinski definition) is 5. The average molecular weight is 205 g/mol. The van der Waals surface area contributed by atoms with Crippen LogP contribution < -0.4 is 10.5 Å². The van der Waals surface area contributed by atoms with Crippen molar-refractivity contribution < 1.29 is 9.53 Å². The molecule has 15 heavy (non-hydrogen) atoms. The number of nitriles is 1. The van der Waals surface area contributed by atoms with Crippen molar-refractivity contribution >= 4 is 6.29 Å². The molecule has 0 amide bonds. The molecule has 5 heteroatoms. The minimum absolute atomic E-state index is 0.131. The van der Waals surface area contributed by atoms with E-state index in [0.29, 0.717) is 17.7 Å². The zero-order chi connectivity index (χ0) is 11.3. The lowest BCUT2D eigenvalue weighted by Crippen LogP contribution is -2.13. The third-order valence-electron chi connectivity index (χ3n) is 1.91. The maximum Gasteiger partial charge on any atom is 0.168 e. The first-order valence-electron chi connectivity index (χ1n) is 4.35. The predicted octanol–water partition coefficient (Wildman–Crippen LogP) is 0.816. The molecule has 1 heterocycles. The summed E-state index contributed by atoms with van der Waals surface area (Å²) in [7, 11) is 1.49. The molecule has 0 unspecified atom stereocenters. The smallest absolute Gasteiger partial charge is 0.168 e. The summed E-state index contributed by atoms with van der Waals surface area (Å²) in [5.41, 5.74) is 6.44. The molecule has 0 aliphatic heterocycles. The van der Waals surface area contributed by atoms with Crippen molar-refractivity contribution in [3.63, 3.8) is 0 Å². The van der Waals surface area contributed by atoms with Crippen LogP contribution in [0.5, 0.6) is 5.75 Å². The topological polar surface area (TPSA) is 89.0 Å². The van der Waals surface area contributed by atoms with Crippen molar-refractivity contribution in [3.8, 4) is 11.8 Å². The molecule has 1 rings (SSSR count). The normalized spacial score (nSPS) is 11.5. The standard InChI is InChI=1S/C10H11N3O2/c1-15-9-3-2-7(6-14)13-10(9)8(12)4-5-11/h2-3,6,8H,4,12H2,1H3/t8-/m1/s1. The molecule has 0 fully saturated rings. The molecule has 5 nitrogen and oxygen atoms in total. The van der Waals surface area contributed by atoms with Crippen LogP contribution in [0.1, 0.15) is 28.6 Å². The number of aromatic nitrogens is 1. The Morgan fingerprint density at radius 3 is 3.00 bits per heavy atom. The summed E-state index contributed by atoms with van der Waals surface area (Å²) >= 11 is 0. The van der Waals surface area contributed by atoms with Crippen LogP contribution in [0.25, 0.3) is 0 Å². The Morgan fingerprint density at radius 2 is 2.47 bits per heavy atom. The molecule has 0 radical (unpaired) electrons. The van der Waals surface area contributed by atoms with Gasteiger partial charge < -0.3 is 10.5 Å². The minimum atomic E-state index is -0.537. The predicted molar refractivity (Wildman–Crippen MR) is 53.3 cm³/mol. The highest BCUT2D eigenvalue weighted by Crippen LogP contribution is 2.23. The van der Waals surface area contributed by atoms with E-state index in [1.807, 2.05) is 6.07 Å². The molecule has 0 spiro atoms. The van der Waals surface area contributed by atoms with Gasteiger partial charge in [-0.15, -0.1) is 0 Å². The number of rotatable bonds is 4.